The van der Waals surface area contributed by atoms with Crippen LogP contribution in [0.2, 0.25) is 0 Å². The number of methoxy groups -OCH3 is 3. The lowest BCUT2D eigenvalue weighted by Gasteiger charge is -2.14. The Labute approximate surface area is 170 Å². The molecule has 0 aromatic heterocycles. The standard InChI is InChI=1S/C21H27N3O5/c1-27-17-12-15(13-18(28-2)20(17)29-3)21(26)24-14-19(25)23-11-7-10-22-16-8-5-4-6-9-16/h4-6,8-9,12-13,22H,7,10-11,14H2,1-3H3,(H,23,25)(H,24,26). The van der Waals surface area contributed by atoms with Gasteiger partial charge in [-0.15, -0.1) is 0 Å². The van der Waals surface area contributed by atoms with Gasteiger partial charge in [-0.1, -0.05) is 18.2 Å². The Morgan fingerprint density at radius 2 is 1.52 bits per heavy atom. The molecule has 3 N–H and O–H groups in total. The maximum Gasteiger partial charge on any atom is 0.251 e. The molecule has 0 saturated heterocycles. The zero-order valence-electron chi connectivity index (χ0n) is 16.9. The average Bonchev–Trinajstić information content (AvgIpc) is 2.76. The van der Waals surface area contributed by atoms with Crippen LogP contribution in [0.4, 0.5) is 5.69 Å². The van der Waals surface area contributed by atoms with Crippen molar-refractivity contribution in [3.05, 3.63) is 48.0 Å². The number of nitrogens with one attached hydrogen (secondary N) is 3. The molecule has 2 aromatic carbocycles. The highest BCUT2D eigenvalue weighted by atomic mass is 16.5. The molecule has 2 amide bonds. The number of para-hydroxylation sites is 1. The summed E-state index contributed by atoms with van der Waals surface area (Å²) >= 11 is 0. The molecule has 8 heteroatoms. The van der Waals surface area contributed by atoms with Crippen LogP contribution in [0.1, 0.15) is 16.8 Å². The van der Waals surface area contributed by atoms with Gasteiger partial charge >= 0.3 is 0 Å². The van der Waals surface area contributed by atoms with Crippen molar-refractivity contribution < 1.29 is 23.8 Å². The minimum atomic E-state index is -0.412. The van der Waals surface area contributed by atoms with E-state index in [4.69, 9.17) is 14.2 Å². The fraction of sp³-hybridized carbons (Fsp3) is 0.333. The largest absolute Gasteiger partial charge is 0.493 e. The first-order chi connectivity index (χ1) is 14.1. The minimum absolute atomic E-state index is 0.123. The molecule has 2 aromatic rings. The number of benzene rings is 2. The Morgan fingerprint density at radius 1 is 0.862 bits per heavy atom. The summed E-state index contributed by atoms with van der Waals surface area (Å²) in [5.74, 6) is 0.462. The molecule has 0 radical (unpaired) electrons. The van der Waals surface area contributed by atoms with Crippen LogP contribution >= 0.6 is 0 Å². The van der Waals surface area contributed by atoms with E-state index in [2.05, 4.69) is 16.0 Å². The maximum absolute atomic E-state index is 12.4. The van der Waals surface area contributed by atoms with Crippen LogP contribution in [0, 0.1) is 0 Å². The number of ether oxygens (including phenoxy) is 3. The maximum atomic E-state index is 12.4. The molecule has 0 fully saturated rings. The Balaban J connectivity index is 1.76. The predicted octanol–water partition coefficient (Wildman–Crippen LogP) is 2.06. The lowest BCUT2D eigenvalue weighted by molar-refractivity contribution is -0.120. The second kappa shape index (κ2) is 11.4. The number of hydrogen-bond donors (Lipinski definition) is 3. The van der Waals surface area contributed by atoms with Crippen LogP contribution in [-0.4, -0.2) is 52.8 Å². The van der Waals surface area contributed by atoms with Crippen molar-refractivity contribution in [2.24, 2.45) is 0 Å². The Bertz CT molecular complexity index is 786. The van der Waals surface area contributed by atoms with E-state index in [1.165, 1.54) is 33.5 Å². The Kier molecular flexibility index (Phi) is 8.62. The van der Waals surface area contributed by atoms with Crippen LogP contribution in [0.5, 0.6) is 17.2 Å². The first kappa shape index (κ1) is 21.9. The van der Waals surface area contributed by atoms with Gasteiger partial charge < -0.3 is 30.2 Å². The van der Waals surface area contributed by atoms with Gasteiger partial charge in [-0.2, -0.15) is 0 Å². The summed E-state index contributed by atoms with van der Waals surface area (Å²) in [6.07, 6.45) is 0.765. The van der Waals surface area contributed by atoms with E-state index >= 15 is 0 Å². The zero-order valence-corrected chi connectivity index (χ0v) is 16.9. The van der Waals surface area contributed by atoms with Gasteiger partial charge in [-0.3, -0.25) is 9.59 Å². The van der Waals surface area contributed by atoms with Gasteiger partial charge in [0.05, 0.1) is 27.9 Å². The first-order valence-electron chi connectivity index (χ1n) is 9.22. The fourth-order valence-corrected chi connectivity index (χ4v) is 2.64. The van der Waals surface area contributed by atoms with Gasteiger partial charge in [0.25, 0.3) is 5.91 Å². The summed E-state index contributed by atoms with van der Waals surface area (Å²) in [6.45, 7) is 1.13. The van der Waals surface area contributed by atoms with Crippen LogP contribution in [-0.2, 0) is 4.79 Å². The molecule has 29 heavy (non-hydrogen) atoms. The normalized spacial score (nSPS) is 10.0. The smallest absolute Gasteiger partial charge is 0.251 e. The van der Waals surface area contributed by atoms with E-state index in [9.17, 15) is 9.59 Å². The number of rotatable bonds is 11. The third-order valence-electron chi connectivity index (χ3n) is 4.12. The second-order valence-electron chi connectivity index (χ2n) is 6.09. The molecule has 2 rings (SSSR count). The monoisotopic (exact) mass is 401 g/mol. The van der Waals surface area contributed by atoms with Crippen LogP contribution in [0.15, 0.2) is 42.5 Å². The van der Waals surface area contributed by atoms with Crippen LogP contribution in [0.3, 0.4) is 0 Å². The lowest BCUT2D eigenvalue weighted by atomic mass is 10.1. The van der Waals surface area contributed by atoms with Crippen molar-refractivity contribution in [3.63, 3.8) is 0 Å². The number of hydrogen-bond acceptors (Lipinski definition) is 6. The van der Waals surface area contributed by atoms with E-state index in [0.717, 1.165) is 18.7 Å². The van der Waals surface area contributed by atoms with Crippen molar-refractivity contribution in [2.45, 2.75) is 6.42 Å². The molecular weight excluding hydrogens is 374 g/mol. The molecule has 156 valence electrons. The van der Waals surface area contributed by atoms with Crippen LogP contribution < -0.4 is 30.2 Å². The Morgan fingerprint density at radius 3 is 2.10 bits per heavy atom. The molecule has 0 atom stereocenters. The molecule has 0 aliphatic heterocycles. The van der Waals surface area contributed by atoms with E-state index in [0.29, 0.717) is 29.4 Å². The SMILES string of the molecule is COc1cc(C(=O)NCC(=O)NCCCNc2ccccc2)cc(OC)c1OC. The Hall–Kier alpha value is -3.42. The molecule has 0 aliphatic carbocycles. The second-order valence-corrected chi connectivity index (χ2v) is 6.09. The summed E-state index contributed by atoms with van der Waals surface area (Å²) in [4.78, 5) is 24.3. The van der Waals surface area contributed by atoms with E-state index in [1.807, 2.05) is 30.3 Å². The molecule has 8 nitrogen and oxygen atoms in total. The molecule has 0 heterocycles. The average molecular weight is 401 g/mol. The van der Waals surface area contributed by atoms with Crippen molar-refractivity contribution in [1.29, 1.82) is 0 Å². The van der Waals surface area contributed by atoms with Gasteiger partial charge in [0.2, 0.25) is 11.7 Å². The molecule has 0 aliphatic rings. The summed E-state index contributed by atoms with van der Waals surface area (Å²) in [5, 5.41) is 8.63. The molecule has 0 saturated carbocycles. The van der Waals surface area contributed by atoms with Crippen molar-refractivity contribution in [2.75, 3.05) is 46.3 Å². The highest BCUT2D eigenvalue weighted by Gasteiger charge is 2.17. The third-order valence-corrected chi connectivity index (χ3v) is 4.12. The van der Waals surface area contributed by atoms with Gasteiger partial charge in [0.1, 0.15) is 0 Å². The molecule has 0 unspecified atom stereocenters. The number of carbonyl (C=O) groups is 2. The van der Waals surface area contributed by atoms with Gasteiger partial charge in [0.15, 0.2) is 11.5 Å². The van der Waals surface area contributed by atoms with Crippen LogP contribution in [0.25, 0.3) is 0 Å². The van der Waals surface area contributed by atoms with Crippen molar-refractivity contribution in [3.8, 4) is 17.2 Å². The zero-order chi connectivity index (χ0) is 21.1. The minimum Gasteiger partial charge on any atom is -0.493 e. The first-order valence-corrected chi connectivity index (χ1v) is 9.22. The fourth-order valence-electron chi connectivity index (χ4n) is 2.64. The number of amides is 2. The summed E-state index contributed by atoms with van der Waals surface area (Å²) < 4.78 is 15.7. The summed E-state index contributed by atoms with van der Waals surface area (Å²) in [6, 6.07) is 12.9. The number of anilines is 1. The van der Waals surface area contributed by atoms with E-state index < -0.39 is 5.91 Å². The molecular formula is C21H27N3O5. The molecule has 0 spiro atoms. The topological polar surface area (TPSA) is 97.9 Å². The third kappa shape index (κ3) is 6.60. The highest BCUT2D eigenvalue weighted by Crippen LogP contribution is 2.38. The summed E-state index contributed by atoms with van der Waals surface area (Å²) in [5.41, 5.74) is 1.34. The summed E-state index contributed by atoms with van der Waals surface area (Å²) in [7, 11) is 4.43. The van der Waals surface area contributed by atoms with E-state index in [1.54, 1.807) is 0 Å². The van der Waals surface area contributed by atoms with Gasteiger partial charge in [-0.05, 0) is 30.7 Å². The van der Waals surface area contributed by atoms with Gasteiger partial charge in [-0.25, -0.2) is 0 Å². The number of carbonyl (C=O) groups excluding carboxylic acids is 2. The van der Waals surface area contributed by atoms with Crippen molar-refractivity contribution >= 4 is 17.5 Å². The molecule has 0 bridgehead atoms. The van der Waals surface area contributed by atoms with Crippen molar-refractivity contribution in [1.82, 2.24) is 10.6 Å². The van der Waals surface area contributed by atoms with Gasteiger partial charge in [0, 0.05) is 24.3 Å². The lowest BCUT2D eigenvalue weighted by Crippen LogP contribution is -2.37. The predicted molar refractivity (Wildman–Crippen MR) is 111 cm³/mol. The quantitative estimate of drug-likeness (QED) is 0.499. The van der Waals surface area contributed by atoms with E-state index in [-0.39, 0.29) is 12.5 Å². The highest BCUT2D eigenvalue weighted by molar-refractivity contribution is 5.97.